The number of pyridine rings is 1. The number of hydrogen-bond acceptors (Lipinski definition) is 2. The smallest absolute Gasteiger partial charge is 0.0494 e. The average Bonchev–Trinajstić information content (AvgIpc) is 2.54. The van der Waals surface area contributed by atoms with Gasteiger partial charge in [-0.3, -0.25) is 4.98 Å². The Hall–Kier alpha value is -1.77. The largest absolute Gasteiger partial charge is 0.397 e. The van der Waals surface area contributed by atoms with E-state index >= 15 is 0 Å². The number of nitrogens with one attached hydrogen (secondary N) is 1. The maximum absolute atomic E-state index is 5.35. The molecule has 0 saturated heterocycles. The molecule has 0 unspecified atom stereocenters. The Balaban J connectivity index is 0.000000132. The highest BCUT2D eigenvalue weighted by molar-refractivity contribution is 5.36. The lowest BCUT2D eigenvalue weighted by atomic mass is 10.5. The third-order valence-electron chi connectivity index (χ3n) is 1.42. The first-order valence-corrected chi connectivity index (χ1v) is 4.04. The number of nitrogens with zero attached hydrogens (tertiary/aromatic N) is 1. The Kier molecular flexibility index (Phi) is 3.57. The molecule has 0 aromatic carbocycles. The first-order valence-electron chi connectivity index (χ1n) is 4.04. The van der Waals surface area contributed by atoms with Crippen LogP contribution in [0.4, 0.5) is 5.69 Å². The molecule has 2 heterocycles. The highest BCUT2D eigenvalue weighted by atomic mass is 14.7. The lowest BCUT2D eigenvalue weighted by Gasteiger charge is -1.72. The van der Waals surface area contributed by atoms with Crippen LogP contribution in [0.2, 0.25) is 0 Å². The van der Waals surface area contributed by atoms with Crippen molar-refractivity contribution in [1.29, 1.82) is 0 Å². The SMILES string of the molecule is Cc1cc(N)c[nH]1.c1ccncc1. The van der Waals surface area contributed by atoms with Crippen molar-refractivity contribution in [3.63, 3.8) is 0 Å². The number of anilines is 1. The van der Waals surface area contributed by atoms with Crippen LogP contribution in [0.5, 0.6) is 0 Å². The monoisotopic (exact) mass is 175 g/mol. The minimum Gasteiger partial charge on any atom is -0.397 e. The van der Waals surface area contributed by atoms with E-state index in [0.717, 1.165) is 11.4 Å². The molecule has 13 heavy (non-hydrogen) atoms. The van der Waals surface area contributed by atoms with E-state index in [0.29, 0.717) is 0 Å². The standard InChI is InChI=1S/C5H8N2.C5H5N/c1-4-2-5(6)3-7-4;1-2-4-6-5-3-1/h2-3,7H,6H2,1H3;1-5H. The van der Waals surface area contributed by atoms with E-state index in [2.05, 4.69) is 9.97 Å². The summed E-state index contributed by atoms with van der Waals surface area (Å²) in [5.41, 5.74) is 7.26. The fourth-order valence-electron chi connectivity index (χ4n) is 0.843. The predicted molar refractivity (Wildman–Crippen MR) is 54.2 cm³/mol. The van der Waals surface area contributed by atoms with Crippen LogP contribution in [-0.4, -0.2) is 9.97 Å². The molecular weight excluding hydrogens is 162 g/mol. The van der Waals surface area contributed by atoms with Gasteiger partial charge in [0.1, 0.15) is 0 Å². The molecule has 3 nitrogen and oxygen atoms in total. The predicted octanol–water partition coefficient (Wildman–Crippen LogP) is 1.99. The molecule has 3 heteroatoms. The molecule has 0 atom stereocenters. The minimum atomic E-state index is 0.803. The Labute approximate surface area is 77.6 Å². The summed E-state index contributed by atoms with van der Waals surface area (Å²) in [6, 6.07) is 7.60. The van der Waals surface area contributed by atoms with E-state index in [-0.39, 0.29) is 0 Å². The van der Waals surface area contributed by atoms with Gasteiger partial charge in [0.25, 0.3) is 0 Å². The molecule has 2 aromatic heterocycles. The van der Waals surface area contributed by atoms with E-state index in [1.54, 1.807) is 18.6 Å². The van der Waals surface area contributed by atoms with Gasteiger partial charge >= 0.3 is 0 Å². The zero-order valence-corrected chi connectivity index (χ0v) is 7.57. The Bertz CT molecular complexity index is 284. The van der Waals surface area contributed by atoms with Gasteiger partial charge < -0.3 is 10.7 Å². The summed E-state index contributed by atoms with van der Waals surface area (Å²) in [6.45, 7) is 1.97. The molecule has 0 aliphatic carbocycles. The number of rotatable bonds is 0. The van der Waals surface area contributed by atoms with Crippen molar-refractivity contribution in [2.24, 2.45) is 0 Å². The molecule has 2 aromatic rings. The average molecular weight is 175 g/mol. The second-order valence-corrected chi connectivity index (χ2v) is 2.64. The highest BCUT2D eigenvalue weighted by Gasteiger charge is 1.83. The van der Waals surface area contributed by atoms with E-state index < -0.39 is 0 Å². The summed E-state index contributed by atoms with van der Waals surface area (Å²) in [6.07, 6.45) is 5.27. The topological polar surface area (TPSA) is 54.7 Å². The highest BCUT2D eigenvalue weighted by Crippen LogP contribution is 2.00. The van der Waals surface area contributed by atoms with E-state index in [1.165, 1.54) is 0 Å². The summed E-state index contributed by atoms with van der Waals surface area (Å²) in [4.78, 5) is 6.73. The molecule has 0 bridgehead atoms. The number of nitrogens with two attached hydrogens (primary N) is 1. The van der Waals surface area contributed by atoms with Crippen LogP contribution in [0.3, 0.4) is 0 Å². The van der Waals surface area contributed by atoms with Gasteiger partial charge in [-0.25, -0.2) is 0 Å². The van der Waals surface area contributed by atoms with Gasteiger partial charge in [-0.15, -0.1) is 0 Å². The number of aryl methyl sites for hydroxylation is 1. The molecule has 68 valence electrons. The second kappa shape index (κ2) is 4.98. The Morgan fingerprint density at radius 1 is 1.23 bits per heavy atom. The maximum Gasteiger partial charge on any atom is 0.0494 e. The second-order valence-electron chi connectivity index (χ2n) is 2.64. The van der Waals surface area contributed by atoms with Crippen LogP contribution in [0.15, 0.2) is 42.9 Å². The van der Waals surface area contributed by atoms with Gasteiger partial charge in [0.05, 0.1) is 0 Å². The first kappa shape index (κ1) is 9.32. The number of nitrogen functional groups attached to an aromatic ring is 1. The molecule has 0 aliphatic rings. The van der Waals surface area contributed by atoms with Crippen molar-refractivity contribution in [2.45, 2.75) is 6.92 Å². The van der Waals surface area contributed by atoms with Crippen LogP contribution in [0.25, 0.3) is 0 Å². The van der Waals surface area contributed by atoms with Crippen LogP contribution < -0.4 is 5.73 Å². The maximum atomic E-state index is 5.35. The third kappa shape index (κ3) is 3.96. The molecule has 0 radical (unpaired) electrons. The molecule has 2 rings (SSSR count). The summed E-state index contributed by atoms with van der Waals surface area (Å²) in [7, 11) is 0. The van der Waals surface area contributed by atoms with Crippen molar-refractivity contribution in [3.05, 3.63) is 48.5 Å². The van der Waals surface area contributed by atoms with Crippen molar-refractivity contribution < 1.29 is 0 Å². The molecule has 0 spiro atoms. The van der Waals surface area contributed by atoms with Crippen molar-refractivity contribution in [3.8, 4) is 0 Å². The van der Waals surface area contributed by atoms with Gasteiger partial charge in [-0.05, 0) is 25.1 Å². The first-order chi connectivity index (χ1) is 6.29. The number of aromatic amines is 1. The van der Waals surface area contributed by atoms with Gasteiger partial charge in [-0.2, -0.15) is 0 Å². The summed E-state index contributed by atoms with van der Waals surface area (Å²) < 4.78 is 0. The zero-order chi connectivity index (χ0) is 9.52. The van der Waals surface area contributed by atoms with Gasteiger partial charge in [-0.1, -0.05) is 6.07 Å². The normalized spacial score (nSPS) is 8.69. The quantitative estimate of drug-likeness (QED) is 0.643. The van der Waals surface area contributed by atoms with Crippen molar-refractivity contribution in [1.82, 2.24) is 9.97 Å². The lowest BCUT2D eigenvalue weighted by Crippen LogP contribution is -1.75. The van der Waals surface area contributed by atoms with E-state index in [1.807, 2.05) is 31.2 Å². The van der Waals surface area contributed by atoms with Crippen molar-refractivity contribution in [2.75, 3.05) is 5.73 Å². The Morgan fingerprint density at radius 2 is 1.92 bits per heavy atom. The number of H-pyrrole nitrogens is 1. The minimum absolute atomic E-state index is 0.803. The summed E-state index contributed by atoms with van der Waals surface area (Å²) in [5, 5.41) is 0. The molecule has 3 N–H and O–H groups in total. The third-order valence-corrected chi connectivity index (χ3v) is 1.42. The fraction of sp³-hybridized carbons (Fsp3) is 0.100. The molecule has 0 amide bonds. The fourth-order valence-corrected chi connectivity index (χ4v) is 0.843. The summed E-state index contributed by atoms with van der Waals surface area (Å²) >= 11 is 0. The lowest BCUT2D eigenvalue weighted by molar-refractivity contribution is 1.27. The summed E-state index contributed by atoms with van der Waals surface area (Å²) in [5.74, 6) is 0. The molecular formula is C10H13N3. The molecule has 0 aliphatic heterocycles. The Morgan fingerprint density at radius 3 is 2.08 bits per heavy atom. The number of aromatic nitrogens is 2. The zero-order valence-electron chi connectivity index (χ0n) is 7.57. The van der Waals surface area contributed by atoms with E-state index in [4.69, 9.17) is 5.73 Å². The van der Waals surface area contributed by atoms with Crippen LogP contribution in [-0.2, 0) is 0 Å². The van der Waals surface area contributed by atoms with Gasteiger partial charge in [0.2, 0.25) is 0 Å². The van der Waals surface area contributed by atoms with Gasteiger partial charge in [0, 0.05) is 30.0 Å². The molecule has 0 fully saturated rings. The van der Waals surface area contributed by atoms with E-state index in [9.17, 15) is 0 Å². The van der Waals surface area contributed by atoms with Crippen LogP contribution in [0, 0.1) is 6.92 Å². The van der Waals surface area contributed by atoms with Crippen LogP contribution in [0.1, 0.15) is 5.69 Å². The van der Waals surface area contributed by atoms with Crippen LogP contribution >= 0.6 is 0 Å². The molecule has 0 saturated carbocycles. The van der Waals surface area contributed by atoms with Crippen molar-refractivity contribution >= 4 is 5.69 Å². The van der Waals surface area contributed by atoms with Gasteiger partial charge in [0.15, 0.2) is 0 Å². The number of hydrogen-bond donors (Lipinski definition) is 2.